The summed E-state index contributed by atoms with van der Waals surface area (Å²) >= 11 is 0. The molecule has 0 spiro atoms. The van der Waals surface area contributed by atoms with Crippen LogP contribution in [0.5, 0.6) is 5.75 Å². The number of hydrogen-bond donors (Lipinski definition) is 2. The molecule has 1 atom stereocenters. The van der Waals surface area contributed by atoms with E-state index in [2.05, 4.69) is 5.32 Å². The first-order chi connectivity index (χ1) is 9.72. The summed E-state index contributed by atoms with van der Waals surface area (Å²) in [6.45, 7) is 0.422. The fourth-order valence-corrected chi connectivity index (χ4v) is 2.05. The predicted octanol–water partition coefficient (Wildman–Crippen LogP) is 2.82. The molecular formula is C16H19FN2O. The fraction of sp³-hybridized carbons (Fsp3) is 0.250. The van der Waals surface area contributed by atoms with Gasteiger partial charge in [0.2, 0.25) is 0 Å². The van der Waals surface area contributed by atoms with E-state index in [0.717, 1.165) is 6.42 Å². The molecule has 0 saturated heterocycles. The topological polar surface area (TPSA) is 47.3 Å². The van der Waals surface area contributed by atoms with E-state index in [4.69, 9.17) is 10.5 Å². The maximum absolute atomic E-state index is 13.8. The molecule has 0 saturated carbocycles. The summed E-state index contributed by atoms with van der Waals surface area (Å²) < 4.78 is 18.9. The van der Waals surface area contributed by atoms with Crippen molar-refractivity contribution >= 4 is 5.69 Å². The summed E-state index contributed by atoms with van der Waals surface area (Å²) in [5.74, 6) is 0.307. The maximum atomic E-state index is 13.8. The van der Waals surface area contributed by atoms with Crippen molar-refractivity contribution in [1.29, 1.82) is 0 Å². The van der Waals surface area contributed by atoms with Crippen molar-refractivity contribution in [3.63, 3.8) is 0 Å². The van der Waals surface area contributed by atoms with Gasteiger partial charge >= 0.3 is 0 Å². The average molecular weight is 274 g/mol. The van der Waals surface area contributed by atoms with E-state index in [0.29, 0.717) is 18.0 Å². The number of methoxy groups -OCH3 is 1. The molecule has 2 aromatic carbocycles. The molecule has 2 rings (SSSR count). The monoisotopic (exact) mass is 274 g/mol. The second kappa shape index (κ2) is 6.91. The van der Waals surface area contributed by atoms with Gasteiger partial charge in [0, 0.05) is 18.7 Å². The van der Waals surface area contributed by atoms with Gasteiger partial charge in [-0.3, -0.25) is 0 Å². The summed E-state index contributed by atoms with van der Waals surface area (Å²) in [5.41, 5.74) is 7.35. The molecule has 0 aliphatic heterocycles. The minimum absolute atomic E-state index is 0.0287. The molecule has 0 aliphatic carbocycles. The molecule has 1 unspecified atom stereocenters. The van der Waals surface area contributed by atoms with Gasteiger partial charge in [-0.25, -0.2) is 4.39 Å². The second-order valence-corrected chi connectivity index (χ2v) is 4.61. The lowest BCUT2D eigenvalue weighted by Gasteiger charge is -2.19. The number of nitrogens with one attached hydrogen (secondary N) is 1. The Morgan fingerprint density at radius 3 is 2.60 bits per heavy atom. The molecule has 0 bridgehead atoms. The third kappa shape index (κ3) is 3.71. The molecular weight excluding hydrogens is 255 g/mol. The van der Waals surface area contributed by atoms with Crippen molar-refractivity contribution < 1.29 is 9.13 Å². The van der Waals surface area contributed by atoms with Crippen molar-refractivity contribution in [1.82, 2.24) is 0 Å². The molecule has 0 aromatic heterocycles. The Morgan fingerprint density at radius 1 is 1.20 bits per heavy atom. The minimum atomic E-state index is -0.308. The minimum Gasteiger partial charge on any atom is -0.497 e. The third-order valence-corrected chi connectivity index (χ3v) is 3.14. The van der Waals surface area contributed by atoms with Crippen LogP contribution >= 0.6 is 0 Å². The van der Waals surface area contributed by atoms with Crippen LogP contribution in [0.2, 0.25) is 0 Å². The van der Waals surface area contributed by atoms with Gasteiger partial charge in [-0.1, -0.05) is 30.3 Å². The van der Waals surface area contributed by atoms with E-state index in [1.165, 1.54) is 11.6 Å². The SMILES string of the molecule is COc1ccc(F)c(NC(CN)Cc2ccccc2)c1. The van der Waals surface area contributed by atoms with Gasteiger partial charge < -0.3 is 15.8 Å². The van der Waals surface area contributed by atoms with Crippen LogP contribution in [0.15, 0.2) is 48.5 Å². The Bertz CT molecular complexity index is 545. The average Bonchev–Trinajstić information content (AvgIpc) is 2.49. The standard InChI is InChI=1S/C16H19FN2O/c1-20-14-7-8-15(17)16(10-14)19-13(11-18)9-12-5-3-2-4-6-12/h2-8,10,13,19H,9,11,18H2,1H3. The molecule has 106 valence electrons. The van der Waals surface area contributed by atoms with Crippen LogP contribution in [-0.4, -0.2) is 19.7 Å². The molecule has 0 aliphatic rings. The Labute approximate surface area is 118 Å². The van der Waals surface area contributed by atoms with Gasteiger partial charge in [-0.15, -0.1) is 0 Å². The molecule has 0 heterocycles. The quantitative estimate of drug-likeness (QED) is 0.851. The molecule has 3 N–H and O–H groups in total. The zero-order valence-corrected chi connectivity index (χ0v) is 11.5. The predicted molar refractivity (Wildman–Crippen MR) is 79.6 cm³/mol. The normalized spacial score (nSPS) is 11.9. The highest BCUT2D eigenvalue weighted by atomic mass is 19.1. The van der Waals surface area contributed by atoms with E-state index in [-0.39, 0.29) is 11.9 Å². The van der Waals surface area contributed by atoms with Gasteiger partial charge in [0.05, 0.1) is 12.8 Å². The Balaban J connectivity index is 2.10. The zero-order chi connectivity index (χ0) is 14.4. The van der Waals surface area contributed by atoms with Crippen molar-refractivity contribution in [2.75, 3.05) is 19.0 Å². The van der Waals surface area contributed by atoms with Crippen LogP contribution in [0, 0.1) is 5.82 Å². The summed E-state index contributed by atoms with van der Waals surface area (Å²) in [6.07, 6.45) is 0.744. The third-order valence-electron chi connectivity index (χ3n) is 3.14. The lowest BCUT2D eigenvalue weighted by atomic mass is 10.1. The van der Waals surface area contributed by atoms with Crippen LogP contribution in [0.25, 0.3) is 0 Å². The van der Waals surface area contributed by atoms with Crippen LogP contribution in [0.1, 0.15) is 5.56 Å². The molecule has 2 aromatic rings. The summed E-state index contributed by atoms with van der Waals surface area (Å²) in [7, 11) is 1.56. The van der Waals surface area contributed by atoms with Gasteiger partial charge in [0.1, 0.15) is 11.6 Å². The van der Waals surface area contributed by atoms with Crippen molar-refractivity contribution in [3.8, 4) is 5.75 Å². The van der Waals surface area contributed by atoms with Gasteiger partial charge in [0.15, 0.2) is 0 Å². The number of hydrogen-bond acceptors (Lipinski definition) is 3. The number of ether oxygens (including phenoxy) is 1. The highest BCUT2D eigenvalue weighted by Crippen LogP contribution is 2.22. The van der Waals surface area contributed by atoms with Crippen molar-refractivity contribution in [3.05, 3.63) is 59.9 Å². The summed E-state index contributed by atoms with van der Waals surface area (Å²) in [5, 5.41) is 3.14. The van der Waals surface area contributed by atoms with Crippen molar-refractivity contribution in [2.45, 2.75) is 12.5 Å². The molecule has 4 heteroatoms. The number of benzene rings is 2. The van der Waals surface area contributed by atoms with E-state index in [9.17, 15) is 4.39 Å². The zero-order valence-electron chi connectivity index (χ0n) is 11.5. The molecule has 0 fully saturated rings. The van der Waals surface area contributed by atoms with Crippen LogP contribution < -0.4 is 15.8 Å². The van der Waals surface area contributed by atoms with Crippen molar-refractivity contribution in [2.24, 2.45) is 5.73 Å². The van der Waals surface area contributed by atoms with Gasteiger partial charge in [0.25, 0.3) is 0 Å². The highest BCUT2D eigenvalue weighted by molar-refractivity contribution is 5.50. The smallest absolute Gasteiger partial charge is 0.146 e. The van der Waals surface area contributed by atoms with Crippen LogP contribution in [0.3, 0.4) is 0 Å². The molecule has 0 radical (unpaired) electrons. The van der Waals surface area contributed by atoms with Gasteiger partial charge in [-0.2, -0.15) is 0 Å². The largest absolute Gasteiger partial charge is 0.497 e. The summed E-state index contributed by atoms with van der Waals surface area (Å²) in [4.78, 5) is 0. The maximum Gasteiger partial charge on any atom is 0.146 e. The van der Waals surface area contributed by atoms with E-state index < -0.39 is 0 Å². The highest BCUT2D eigenvalue weighted by Gasteiger charge is 2.11. The Kier molecular flexibility index (Phi) is 4.96. The van der Waals surface area contributed by atoms with E-state index in [1.54, 1.807) is 19.2 Å². The van der Waals surface area contributed by atoms with Gasteiger partial charge in [-0.05, 0) is 24.1 Å². The number of rotatable bonds is 6. The lowest BCUT2D eigenvalue weighted by molar-refractivity contribution is 0.414. The van der Waals surface area contributed by atoms with Crippen LogP contribution in [0.4, 0.5) is 10.1 Å². The van der Waals surface area contributed by atoms with E-state index >= 15 is 0 Å². The first-order valence-corrected chi connectivity index (χ1v) is 6.57. The lowest BCUT2D eigenvalue weighted by Crippen LogP contribution is -2.31. The first kappa shape index (κ1) is 14.3. The number of anilines is 1. The molecule has 3 nitrogen and oxygen atoms in total. The fourth-order valence-electron chi connectivity index (χ4n) is 2.05. The summed E-state index contributed by atoms with van der Waals surface area (Å²) in [6, 6.07) is 14.6. The number of nitrogens with two attached hydrogens (primary N) is 1. The van der Waals surface area contributed by atoms with E-state index in [1.807, 2.05) is 30.3 Å². The Morgan fingerprint density at radius 2 is 1.95 bits per heavy atom. The Hall–Kier alpha value is -2.07. The second-order valence-electron chi connectivity index (χ2n) is 4.61. The first-order valence-electron chi connectivity index (χ1n) is 6.57. The molecule has 0 amide bonds. The molecule has 20 heavy (non-hydrogen) atoms. The number of halogens is 1. The van der Waals surface area contributed by atoms with Crippen LogP contribution in [-0.2, 0) is 6.42 Å².